The summed E-state index contributed by atoms with van der Waals surface area (Å²) in [7, 11) is 1.69. The average Bonchev–Trinajstić information content (AvgIpc) is 2.54. The lowest BCUT2D eigenvalue weighted by molar-refractivity contribution is -0.131. The van der Waals surface area contributed by atoms with Crippen LogP contribution in [-0.4, -0.2) is 18.2 Å². The normalized spacial score (nSPS) is 13.3. The second kappa shape index (κ2) is 12.3. The van der Waals surface area contributed by atoms with Crippen LogP contribution in [0.15, 0.2) is 48.1 Å². The third-order valence-electron chi connectivity index (χ3n) is 4.66. The van der Waals surface area contributed by atoms with Gasteiger partial charge in [-0.1, -0.05) is 57.9 Å². The fourth-order valence-electron chi connectivity index (χ4n) is 3.16. The lowest BCUT2D eigenvalue weighted by atomic mass is 9.80. The molecule has 1 unspecified atom stereocenters. The van der Waals surface area contributed by atoms with Gasteiger partial charge in [0.15, 0.2) is 0 Å². The first-order valence-corrected chi connectivity index (χ1v) is 9.42. The van der Waals surface area contributed by atoms with Crippen LogP contribution in [0, 0.1) is 11.3 Å². The van der Waals surface area contributed by atoms with E-state index in [4.69, 9.17) is 9.84 Å². The van der Waals surface area contributed by atoms with Gasteiger partial charge in [0, 0.05) is 6.08 Å². The maximum atomic E-state index is 10.6. The highest BCUT2D eigenvalue weighted by molar-refractivity contribution is 5.81. The summed E-state index contributed by atoms with van der Waals surface area (Å²) in [6.07, 6.45) is 10.9. The van der Waals surface area contributed by atoms with Crippen molar-refractivity contribution in [3.8, 4) is 5.75 Å². The van der Waals surface area contributed by atoms with Crippen molar-refractivity contribution in [1.82, 2.24) is 6.15 Å². The molecule has 4 nitrogen and oxygen atoms in total. The van der Waals surface area contributed by atoms with Crippen molar-refractivity contribution in [3.63, 3.8) is 0 Å². The molecule has 0 saturated carbocycles. The van der Waals surface area contributed by atoms with Crippen LogP contribution in [-0.2, 0) is 11.2 Å². The molecule has 1 aromatic carbocycles. The molecule has 1 aromatic rings. The first-order chi connectivity index (χ1) is 12.2. The van der Waals surface area contributed by atoms with Crippen LogP contribution >= 0.6 is 0 Å². The summed E-state index contributed by atoms with van der Waals surface area (Å²) < 4.78 is 5.22. The van der Waals surface area contributed by atoms with Crippen LogP contribution in [0.2, 0.25) is 0 Å². The Kier molecular flexibility index (Phi) is 11.4. The highest BCUT2D eigenvalue weighted by atomic mass is 16.5. The molecule has 1 rings (SSSR count). The lowest BCUT2D eigenvalue weighted by Crippen LogP contribution is -2.15. The summed E-state index contributed by atoms with van der Waals surface area (Å²) >= 11 is 0. The van der Waals surface area contributed by atoms with E-state index in [1.54, 1.807) is 7.11 Å². The minimum absolute atomic E-state index is 0. The number of rotatable bonds is 11. The van der Waals surface area contributed by atoms with Crippen molar-refractivity contribution in [2.45, 2.75) is 59.8 Å². The number of carboxylic acids is 1. The Morgan fingerprint density at radius 1 is 1.26 bits per heavy atom. The molecule has 0 saturated heterocycles. The lowest BCUT2D eigenvalue weighted by Gasteiger charge is -2.25. The number of hydrogen-bond acceptors (Lipinski definition) is 3. The van der Waals surface area contributed by atoms with Gasteiger partial charge in [-0.3, -0.25) is 0 Å². The van der Waals surface area contributed by atoms with Crippen molar-refractivity contribution in [2.75, 3.05) is 7.11 Å². The molecule has 0 bridgehead atoms. The molecule has 1 atom stereocenters. The molecule has 0 fully saturated rings. The van der Waals surface area contributed by atoms with Gasteiger partial charge in [0.2, 0.25) is 0 Å². The van der Waals surface area contributed by atoms with E-state index in [1.807, 2.05) is 25.1 Å². The quantitative estimate of drug-likeness (QED) is 0.356. The Balaban J connectivity index is 0.00000676. The van der Waals surface area contributed by atoms with Crippen LogP contribution < -0.4 is 10.9 Å². The Hall–Kier alpha value is -2.07. The van der Waals surface area contributed by atoms with Crippen LogP contribution in [0.4, 0.5) is 0 Å². The summed E-state index contributed by atoms with van der Waals surface area (Å²) in [5, 5.41) is 8.70. The Bertz CT molecular complexity index is 615. The minimum Gasteiger partial charge on any atom is -0.497 e. The summed E-state index contributed by atoms with van der Waals surface area (Å²) in [5.41, 5.74) is 2.42. The number of hydrogen-bond donors (Lipinski definition) is 2. The van der Waals surface area contributed by atoms with Gasteiger partial charge in [-0.15, -0.1) is 0 Å². The average molecular weight is 376 g/mol. The van der Waals surface area contributed by atoms with E-state index in [-0.39, 0.29) is 11.6 Å². The van der Waals surface area contributed by atoms with Crippen molar-refractivity contribution >= 4 is 5.97 Å². The van der Waals surface area contributed by atoms with Crippen LogP contribution in [0.25, 0.3) is 0 Å². The molecule has 0 aliphatic carbocycles. The van der Waals surface area contributed by atoms with Crippen LogP contribution in [0.5, 0.6) is 5.75 Å². The minimum atomic E-state index is -0.890. The zero-order valence-corrected chi connectivity index (χ0v) is 17.6. The van der Waals surface area contributed by atoms with Gasteiger partial charge in [0.25, 0.3) is 0 Å². The summed E-state index contributed by atoms with van der Waals surface area (Å²) in [6.45, 7) is 8.75. The van der Waals surface area contributed by atoms with Gasteiger partial charge in [0.05, 0.1) is 7.11 Å². The van der Waals surface area contributed by atoms with Gasteiger partial charge in [-0.2, -0.15) is 0 Å². The van der Waals surface area contributed by atoms with Gasteiger partial charge < -0.3 is 16.0 Å². The number of allylic oxidation sites excluding steroid dienone is 3. The molecular formula is C23H37NO3. The molecule has 0 aliphatic rings. The maximum absolute atomic E-state index is 10.6. The topological polar surface area (TPSA) is 81.5 Å². The summed E-state index contributed by atoms with van der Waals surface area (Å²) in [5.74, 6) is 0.627. The van der Waals surface area contributed by atoms with Gasteiger partial charge in [0.1, 0.15) is 5.75 Å². The van der Waals surface area contributed by atoms with Gasteiger partial charge >= 0.3 is 5.97 Å². The van der Waals surface area contributed by atoms with Gasteiger partial charge in [-0.05, 0) is 60.8 Å². The Labute approximate surface area is 164 Å². The van der Waals surface area contributed by atoms with Crippen molar-refractivity contribution < 1.29 is 14.6 Å². The highest BCUT2D eigenvalue weighted by Gasteiger charge is 2.18. The number of benzene rings is 1. The van der Waals surface area contributed by atoms with E-state index in [1.165, 1.54) is 30.9 Å². The Morgan fingerprint density at radius 2 is 1.89 bits per heavy atom. The van der Waals surface area contributed by atoms with E-state index in [9.17, 15) is 4.79 Å². The predicted molar refractivity (Wildman–Crippen MR) is 114 cm³/mol. The second-order valence-electron chi connectivity index (χ2n) is 8.05. The van der Waals surface area contributed by atoms with Crippen LogP contribution in [0.1, 0.15) is 58.9 Å². The smallest absolute Gasteiger partial charge is 0.328 e. The SMILES string of the molecule is COc1ccc(CC(C)(C)CCCC(C)CC=CC(C)=CC(=O)O)cc1.N. The standard InChI is InChI=1S/C23H34O3.H3N/c1-18(8-6-9-19(2)16-22(24)25)10-7-15-23(3,4)17-20-11-13-21(26-5)14-12-20;/h6,9,11-14,16,18H,7-8,10,15,17H2,1-5H3,(H,24,25);1H3. The number of carbonyl (C=O) groups is 1. The monoisotopic (exact) mass is 375 g/mol. The highest BCUT2D eigenvalue weighted by Crippen LogP contribution is 2.30. The Morgan fingerprint density at radius 3 is 2.44 bits per heavy atom. The molecule has 0 radical (unpaired) electrons. The summed E-state index contributed by atoms with van der Waals surface area (Å²) in [6, 6.07) is 8.36. The van der Waals surface area contributed by atoms with E-state index in [0.29, 0.717) is 5.92 Å². The molecule has 0 amide bonds. The maximum Gasteiger partial charge on any atom is 0.328 e. The molecule has 4 heteroatoms. The molecule has 4 N–H and O–H groups in total. The zero-order chi connectivity index (χ0) is 19.6. The largest absolute Gasteiger partial charge is 0.497 e. The number of methoxy groups -OCH3 is 1. The van der Waals surface area contributed by atoms with E-state index in [0.717, 1.165) is 24.2 Å². The fourth-order valence-corrected chi connectivity index (χ4v) is 3.16. The predicted octanol–water partition coefficient (Wildman–Crippen LogP) is 6.21. The van der Waals surface area contributed by atoms with E-state index in [2.05, 4.69) is 39.0 Å². The second-order valence-corrected chi connectivity index (χ2v) is 8.05. The summed E-state index contributed by atoms with van der Waals surface area (Å²) in [4.78, 5) is 10.6. The first-order valence-electron chi connectivity index (χ1n) is 9.42. The van der Waals surface area contributed by atoms with Crippen LogP contribution in [0.3, 0.4) is 0 Å². The molecule has 0 aliphatic heterocycles. The molecular weight excluding hydrogens is 338 g/mol. The number of ether oxygens (including phenoxy) is 1. The third-order valence-corrected chi connectivity index (χ3v) is 4.66. The van der Waals surface area contributed by atoms with Gasteiger partial charge in [-0.25, -0.2) is 4.79 Å². The number of carboxylic acid groups (broad SMARTS) is 1. The van der Waals surface area contributed by atoms with Crippen molar-refractivity contribution in [2.24, 2.45) is 11.3 Å². The van der Waals surface area contributed by atoms with Crippen molar-refractivity contribution in [1.29, 1.82) is 0 Å². The molecule has 27 heavy (non-hydrogen) atoms. The molecule has 0 heterocycles. The fraction of sp³-hybridized carbons (Fsp3) is 0.522. The number of aliphatic carboxylic acids is 1. The molecule has 0 aromatic heterocycles. The molecule has 152 valence electrons. The molecule has 0 spiro atoms. The third kappa shape index (κ3) is 11.3. The van der Waals surface area contributed by atoms with E-state index >= 15 is 0 Å². The van der Waals surface area contributed by atoms with Crippen molar-refractivity contribution in [3.05, 3.63) is 53.6 Å². The van der Waals surface area contributed by atoms with E-state index < -0.39 is 5.97 Å². The zero-order valence-electron chi connectivity index (χ0n) is 17.6. The first kappa shape index (κ1) is 24.9.